The zero-order valence-electron chi connectivity index (χ0n) is 9.05. The molecule has 0 aliphatic heterocycles. The Kier molecular flexibility index (Phi) is 3.69. The number of hydrogen-bond donors (Lipinski definition) is 1. The summed E-state index contributed by atoms with van der Waals surface area (Å²) in [6.07, 6.45) is 1.94. The van der Waals surface area contributed by atoms with Crippen LogP contribution in [-0.4, -0.2) is 13.0 Å². The highest BCUT2D eigenvalue weighted by molar-refractivity contribution is 5.94. The van der Waals surface area contributed by atoms with Gasteiger partial charge in [-0.3, -0.25) is 4.79 Å². The molecule has 0 atom stereocenters. The molecule has 0 heterocycles. The summed E-state index contributed by atoms with van der Waals surface area (Å²) in [6.45, 7) is 4.20. The molecule has 0 saturated carbocycles. The molecule has 0 unspecified atom stereocenters. The van der Waals surface area contributed by atoms with Gasteiger partial charge < -0.3 is 5.32 Å². The van der Waals surface area contributed by atoms with Gasteiger partial charge in [0.2, 0.25) is 0 Å². The van der Waals surface area contributed by atoms with Crippen molar-refractivity contribution in [2.45, 2.75) is 26.7 Å². The Morgan fingerprint density at radius 3 is 2.00 bits per heavy atom. The van der Waals surface area contributed by atoms with Crippen LogP contribution in [0.15, 0.2) is 18.2 Å². The van der Waals surface area contributed by atoms with Crippen LogP contribution in [-0.2, 0) is 12.8 Å². The van der Waals surface area contributed by atoms with E-state index in [2.05, 4.69) is 25.2 Å². The molecule has 0 aliphatic rings. The molecule has 1 aromatic rings. The minimum atomic E-state index is -0.00463. The van der Waals surface area contributed by atoms with Crippen LogP contribution in [0.4, 0.5) is 0 Å². The van der Waals surface area contributed by atoms with Crippen LogP contribution in [0.2, 0.25) is 0 Å². The van der Waals surface area contributed by atoms with Gasteiger partial charge in [0, 0.05) is 12.6 Å². The predicted molar refractivity (Wildman–Crippen MR) is 58.6 cm³/mol. The number of rotatable bonds is 3. The molecule has 2 heteroatoms. The van der Waals surface area contributed by atoms with E-state index in [0.29, 0.717) is 0 Å². The van der Waals surface area contributed by atoms with Crippen LogP contribution >= 0.6 is 0 Å². The predicted octanol–water partition coefficient (Wildman–Crippen LogP) is 2.17. The molecule has 76 valence electrons. The van der Waals surface area contributed by atoms with Crippen molar-refractivity contribution in [3.63, 3.8) is 0 Å². The Bertz CT molecular complexity index is 309. The van der Waals surface area contributed by atoms with Gasteiger partial charge in [-0.1, -0.05) is 19.9 Å². The largest absolute Gasteiger partial charge is 0.355 e. The van der Waals surface area contributed by atoms with Crippen molar-refractivity contribution < 1.29 is 4.79 Å². The first-order valence-electron chi connectivity index (χ1n) is 5.06. The van der Waals surface area contributed by atoms with Crippen molar-refractivity contribution in [3.8, 4) is 0 Å². The molecule has 1 N–H and O–H groups in total. The topological polar surface area (TPSA) is 29.1 Å². The van der Waals surface area contributed by atoms with E-state index >= 15 is 0 Å². The number of amides is 1. The van der Waals surface area contributed by atoms with Crippen LogP contribution < -0.4 is 5.32 Å². The summed E-state index contributed by atoms with van der Waals surface area (Å²) in [5.41, 5.74) is 3.22. The fourth-order valence-corrected chi connectivity index (χ4v) is 1.45. The number of aryl methyl sites for hydroxylation is 2. The summed E-state index contributed by atoms with van der Waals surface area (Å²) >= 11 is 0. The molecule has 0 radical (unpaired) electrons. The SMILES string of the molecule is CCc1cc(CC)cc(C(=O)NC)c1. The highest BCUT2D eigenvalue weighted by atomic mass is 16.1. The molecule has 0 saturated heterocycles. The van der Waals surface area contributed by atoms with Crippen molar-refractivity contribution in [3.05, 3.63) is 34.9 Å². The van der Waals surface area contributed by atoms with Gasteiger partial charge in [-0.05, 0) is 36.1 Å². The summed E-state index contributed by atoms with van der Waals surface area (Å²) in [4.78, 5) is 11.4. The molecule has 2 nitrogen and oxygen atoms in total. The van der Waals surface area contributed by atoms with E-state index in [0.717, 1.165) is 18.4 Å². The molecule has 0 fully saturated rings. The summed E-state index contributed by atoms with van der Waals surface area (Å²) in [5, 5.41) is 2.64. The second-order valence-corrected chi connectivity index (χ2v) is 3.32. The third kappa shape index (κ3) is 2.34. The highest BCUT2D eigenvalue weighted by Crippen LogP contribution is 2.11. The Balaban J connectivity index is 3.10. The van der Waals surface area contributed by atoms with E-state index in [9.17, 15) is 4.79 Å². The Morgan fingerprint density at radius 2 is 1.64 bits per heavy atom. The van der Waals surface area contributed by atoms with E-state index < -0.39 is 0 Å². The third-order valence-corrected chi connectivity index (χ3v) is 2.36. The van der Waals surface area contributed by atoms with E-state index in [-0.39, 0.29) is 5.91 Å². The fourth-order valence-electron chi connectivity index (χ4n) is 1.45. The zero-order chi connectivity index (χ0) is 10.6. The molecular weight excluding hydrogens is 174 g/mol. The molecule has 0 aromatic heterocycles. The summed E-state index contributed by atoms with van der Waals surface area (Å²) in [5.74, 6) is -0.00463. The van der Waals surface area contributed by atoms with E-state index in [1.54, 1.807) is 7.05 Å². The van der Waals surface area contributed by atoms with Gasteiger partial charge in [0.25, 0.3) is 5.91 Å². The molecule has 0 bridgehead atoms. The van der Waals surface area contributed by atoms with Gasteiger partial charge >= 0.3 is 0 Å². The number of nitrogens with one attached hydrogen (secondary N) is 1. The second-order valence-electron chi connectivity index (χ2n) is 3.32. The number of carbonyl (C=O) groups is 1. The fraction of sp³-hybridized carbons (Fsp3) is 0.417. The van der Waals surface area contributed by atoms with E-state index in [1.165, 1.54) is 11.1 Å². The van der Waals surface area contributed by atoms with Gasteiger partial charge in [-0.15, -0.1) is 0 Å². The monoisotopic (exact) mass is 191 g/mol. The molecule has 14 heavy (non-hydrogen) atoms. The van der Waals surface area contributed by atoms with Crippen LogP contribution in [0.3, 0.4) is 0 Å². The standard InChI is InChI=1S/C12H17NO/c1-4-9-6-10(5-2)8-11(7-9)12(14)13-3/h6-8H,4-5H2,1-3H3,(H,13,14). The van der Waals surface area contributed by atoms with Crippen molar-refractivity contribution >= 4 is 5.91 Å². The summed E-state index contributed by atoms with van der Waals surface area (Å²) in [7, 11) is 1.66. The lowest BCUT2D eigenvalue weighted by atomic mass is 10.0. The van der Waals surface area contributed by atoms with Crippen LogP contribution in [0.5, 0.6) is 0 Å². The quantitative estimate of drug-likeness (QED) is 0.779. The van der Waals surface area contributed by atoms with Gasteiger partial charge in [-0.25, -0.2) is 0 Å². The first kappa shape index (κ1) is 10.8. The molecule has 1 rings (SSSR count). The molecule has 0 spiro atoms. The van der Waals surface area contributed by atoms with E-state index in [4.69, 9.17) is 0 Å². The van der Waals surface area contributed by atoms with Gasteiger partial charge in [0.1, 0.15) is 0 Å². The Morgan fingerprint density at radius 1 is 1.14 bits per heavy atom. The molecule has 1 amide bonds. The van der Waals surface area contributed by atoms with Crippen molar-refractivity contribution in [1.82, 2.24) is 5.32 Å². The molecular formula is C12H17NO. The van der Waals surface area contributed by atoms with E-state index in [1.807, 2.05) is 12.1 Å². The maximum Gasteiger partial charge on any atom is 0.251 e. The normalized spacial score (nSPS) is 9.93. The van der Waals surface area contributed by atoms with Gasteiger partial charge in [0.15, 0.2) is 0 Å². The van der Waals surface area contributed by atoms with Crippen LogP contribution in [0.1, 0.15) is 35.3 Å². The third-order valence-electron chi connectivity index (χ3n) is 2.36. The molecule has 1 aromatic carbocycles. The lowest BCUT2D eigenvalue weighted by Crippen LogP contribution is -2.18. The smallest absolute Gasteiger partial charge is 0.251 e. The van der Waals surface area contributed by atoms with Crippen molar-refractivity contribution in [2.75, 3.05) is 7.05 Å². The number of benzene rings is 1. The maximum absolute atomic E-state index is 11.4. The Labute approximate surface area is 85.3 Å². The second kappa shape index (κ2) is 4.80. The van der Waals surface area contributed by atoms with Gasteiger partial charge in [0.05, 0.1) is 0 Å². The Hall–Kier alpha value is -1.31. The van der Waals surface area contributed by atoms with Crippen LogP contribution in [0, 0.1) is 0 Å². The average Bonchev–Trinajstić information content (AvgIpc) is 2.27. The number of hydrogen-bond acceptors (Lipinski definition) is 1. The van der Waals surface area contributed by atoms with Gasteiger partial charge in [-0.2, -0.15) is 0 Å². The zero-order valence-corrected chi connectivity index (χ0v) is 9.05. The minimum Gasteiger partial charge on any atom is -0.355 e. The lowest BCUT2D eigenvalue weighted by Gasteiger charge is -2.06. The highest BCUT2D eigenvalue weighted by Gasteiger charge is 2.05. The molecule has 0 aliphatic carbocycles. The summed E-state index contributed by atoms with van der Waals surface area (Å²) in [6, 6.07) is 6.07. The number of carbonyl (C=O) groups excluding carboxylic acids is 1. The van der Waals surface area contributed by atoms with Crippen LogP contribution in [0.25, 0.3) is 0 Å². The summed E-state index contributed by atoms with van der Waals surface area (Å²) < 4.78 is 0. The van der Waals surface area contributed by atoms with Crippen molar-refractivity contribution in [2.24, 2.45) is 0 Å². The first-order chi connectivity index (χ1) is 6.71. The van der Waals surface area contributed by atoms with Crippen molar-refractivity contribution in [1.29, 1.82) is 0 Å². The maximum atomic E-state index is 11.4. The average molecular weight is 191 g/mol. The first-order valence-corrected chi connectivity index (χ1v) is 5.06. The minimum absolute atomic E-state index is 0.00463. The lowest BCUT2D eigenvalue weighted by molar-refractivity contribution is 0.0963.